The van der Waals surface area contributed by atoms with Gasteiger partial charge < -0.3 is 0 Å². The fourth-order valence-electron chi connectivity index (χ4n) is 5.45. The molecule has 2 heterocycles. The van der Waals surface area contributed by atoms with Crippen LogP contribution < -0.4 is 0 Å². The van der Waals surface area contributed by atoms with Crippen LogP contribution in [0, 0.1) is 6.92 Å². The van der Waals surface area contributed by atoms with Gasteiger partial charge in [-0.15, -0.1) is 0 Å². The van der Waals surface area contributed by atoms with Crippen LogP contribution >= 0.6 is 0 Å². The van der Waals surface area contributed by atoms with E-state index in [2.05, 4.69) is 64.9 Å². The van der Waals surface area contributed by atoms with Crippen LogP contribution in [-0.4, -0.2) is 33.9 Å². The van der Waals surface area contributed by atoms with Crippen molar-refractivity contribution in [3.63, 3.8) is 0 Å². The Kier molecular flexibility index (Phi) is 3.88. The van der Waals surface area contributed by atoms with Crippen molar-refractivity contribution in [1.82, 2.24) is 4.90 Å². The lowest BCUT2D eigenvalue weighted by Crippen LogP contribution is -2.56. The summed E-state index contributed by atoms with van der Waals surface area (Å²) in [5.74, 6) is 1.51. The van der Waals surface area contributed by atoms with Crippen molar-refractivity contribution in [3.05, 3.63) is 70.8 Å². The molecule has 0 saturated heterocycles. The predicted octanol–water partition coefficient (Wildman–Crippen LogP) is 4.53. The van der Waals surface area contributed by atoms with Crippen molar-refractivity contribution >= 4 is 5.84 Å². The molecular formula is C24H29N2+. The quantitative estimate of drug-likeness (QED) is 0.725. The van der Waals surface area contributed by atoms with Crippen LogP contribution in [0.1, 0.15) is 54.4 Å². The molecule has 1 spiro atoms. The van der Waals surface area contributed by atoms with Crippen LogP contribution in [0.25, 0.3) is 0 Å². The molecule has 1 fully saturated rings. The highest BCUT2D eigenvalue weighted by Crippen LogP contribution is 2.42. The smallest absolute Gasteiger partial charge is 0.253 e. The lowest BCUT2D eigenvalue weighted by Gasteiger charge is -2.44. The summed E-state index contributed by atoms with van der Waals surface area (Å²) < 4.78 is 2.64. The van der Waals surface area contributed by atoms with Gasteiger partial charge in [0.2, 0.25) is 0 Å². The maximum absolute atomic E-state index is 2.81. The molecule has 2 aromatic rings. The highest BCUT2D eigenvalue weighted by molar-refractivity contribution is 5.99. The topological polar surface area (TPSA) is 6.25 Å². The summed E-state index contributed by atoms with van der Waals surface area (Å²) in [7, 11) is 0. The molecule has 0 N–H and O–H groups in total. The third-order valence-electron chi connectivity index (χ3n) is 6.78. The summed E-state index contributed by atoms with van der Waals surface area (Å²) in [6.45, 7) is 5.53. The molecule has 2 nitrogen and oxygen atoms in total. The van der Waals surface area contributed by atoms with E-state index >= 15 is 0 Å². The fraction of sp³-hybridized carbons (Fsp3) is 0.458. The standard InChI is InChI=1S/C24H29N2/c1-19-9-11-20(12-10-19)18-25-15-16-26-23(25)22-8-4-3-7-21(22)17-24(26)13-5-2-6-14-24/h3-4,7-12H,2,5-6,13-18H2,1H3/q+1. The van der Waals surface area contributed by atoms with E-state index in [0.29, 0.717) is 5.54 Å². The van der Waals surface area contributed by atoms with Gasteiger partial charge in [-0.1, -0.05) is 54.4 Å². The number of nitrogens with zero attached hydrogens (tertiary/aromatic N) is 2. The first kappa shape index (κ1) is 16.1. The Bertz CT molecular complexity index is 841. The molecule has 1 aliphatic carbocycles. The zero-order valence-electron chi connectivity index (χ0n) is 15.9. The molecule has 0 unspecified atom stereocenters. The second-order valence-electron chi connectivity index (χ2n) is 8.50. The van der Waals surface area contributed by atoms with E-state index in [4.69, 9.17) is 0 Å². The minimum absolute atomic E-state index is 0.379. The van der Waals surface area contributed by atoms with E-state index < -0.39 is 0 Å². The van der Waals surface area contributed by atoms with Crippen LogP contribution in [0.4, 0.5) is 0 Å². The molecule has 3 aliphatic rings. The van der Waals surface area contributed by atoms with Gasteiger partial charge in [-0.25, -0.2) is 0 Å². The summed E-state index contributed by atoms with van der Waals surface area (Å²) in [5.41, 5.74) is 6.19. The Morgan fingerprint density at radius 3 is 2.54 bits per heavy atom. The van der Waals surface area contributed by atoms with Gasteiger partial charge in [-0.3, -0.25) is 9.48 Å². The van der Waals surface area contributed by atoms with Gasteiger partial charge in [0, 0.05) is 6.42 Å². The van der Waals surface area contributed by atoms with E-state index in [0.717, 1.165) is 13.1 Å². The zero-order valence-corrected chi connectivity index (χ0v) is 15.9. The van der Waals surface area contributed by atoms with Crippen LogP contribution in [0.3, 0.4) is 0 Å². The maximum Gasteiger partial charge on any atom is 0.280 e. The molecule has 134 valence electrons. The minimum atomic E-state index is 0.379. The van der Waals surface area contributed by atoms with Gasteiger partial charge in [0.15, 0.2) is 0 Å². The zero-order chi connectivity index (χ0) is 17.6. The number of benzene rings is 2. The lowest BCUT2D eigenvalue weighted by molar-refractivity contribution is -0.534. The molecule has 0 aromatic heterocycles. The predicted molar refractivity (Wildman–Crippen MR) is 107 cm³/mol. The largest absolute Gasteiger partial charge is 0.280 e. The van der Waals surface area contributed by atoms with Crippen molar-refractivity contribution in [1.29, 1.82) is 0 Å². The van der Waals surface area contributed by atoms with Crippen molar-refractivity contribution in [2.45, 2.75) is 57.5 Å². The average molecular weight is 346 g/mol. The molecule has 1 saturated carbocycles. The summed E-state index contributed by atoms with van der Waals surface area (Å²) >= 11 is 0. The SMILES string of the molecule is Cc1ccc(C[N+]2=C3c4ccccc4CC4(CCCCC4)N3CC2)cc1. The fourth-order valence-corrected chi connectivity index (χ4v) is 5.45. The Morgan fingerprint density at radius 2 is 1.73 bits per heavy atom. The Labute approximate surface area is 157 Å². The normalized spacial score (nSPS) is 21.0. The lowest BCUT2D eigenvalue weighted by atomic mass is 9.73. The van der Waals surface area contributed by atoms with Crippen molar-refractivity contribution in [2.75, 3.05) is 13.1 Å². The molecular weight excluding hydrogens is 316 g/mol. The number of aryl methyl sites for hydroxylation is 1. The van der Waals surface area contributed by atoms with E-state index in [1.54, 1.807) is 5.56 Å². The van der Waals surface area contributed by atoms with Crippen molar-refractivity contribution in [3.8, 4) is 0 Å². The maximum atomic E-state index is 2.81. The second-order valence-corrected chi connectivity index (χ2v) is 8.50. The molecule has 26 heavy (non-hydrogen) atoms. The third-order valence-corrected chi connectivity index (χ3v) is 6.78. The summed E-state index contributed by atoms with van der Waals surface area (Å²) in [6, 6.07) is 18.2. The summed E-state index contributed by atoms with van der Waals surface area (Å²) in [6.07, 6.45) is 8.17. The third kappa shape index (κ3) is 2.58. The average Bonchev–Trinajstić information content (AvgIpc) is 3.10. The molecule has 0 radical (unpaired) electrons. The molecule has 2 heteroatoms. The number of hydrogen-bond acceptors (Lipinski definition) is 1. The van der Waals surface area contributed by atoms with E-state index in [1.807, 2.05) is 0 Å². The van der Waals surface area contributed by atoms with E-state index in [9.17, 15) is 0 Å². The number of amidine groups is 1. The Morgan fingerprint density at radius 1 is 0.962 bits per heavy atom. The summed E-state index contributed by atoms with van der Waals surface area (Å²) in [4.78, 5) is 2.81. The first-order valence-electron chi connectivity index (χ1n) is 10.3. The molecule has 0 bridgehead atoms. The molecule has 2 aliphatic heterocycles. The van der Waals surface area contributed by atoms with Crippen LogP contribution in [0.2, 0.25) is 0 Å². The number of fused-ring (bicyclic) bond motifs is 4. The molecule has 5 rings (SSSR count). The first-order chi connectivity index (χ1) is 12.8. The highest BCUT2D eigenvalue weighted by atomic mass is 15.3. The van der Waals surface area contributed by atoms with Gasteiger partial charge in [0.1, 0.15) is 25.2 Å². The van der Waals surface area contributed by atoms with E-state index in [1.165, 1.54) is 67.6 Å². The second kappa shape index (κ2) is 6.26. The monoisotopic (exact) mass is 345 g/mol. The minimum Gasteiger partial charge on any atom is -0.253 e. The first-order valence-corrected chi connectivity index (χ1v) is 10.3. The van der Waals surface area contributed by atoms with Crippen LogP contribution in [-0.2, 0) is 13.0 Å². The van der Waals surface area contributed by atoms with Crippen molar-refractivity contribution in [2.24, 2.45) is 0 Å². The molecule has 0 amide bonds. The van der Waals surface area contributed by atoms with Crippen molar-refractivity contribution < 1.29 is 4.58 Å². The number of rotatable bonds is 2. The van der Waals surface area contributed by atoms with E-state index in [-0.39, 0.29) is 0 Å². The molecule has 2 aromatic carbocycles. The molecule has 0 atom stereocenters. The number of hydrogen-bond donors (Lipinski definition) is 0. The Hall–Kier alpha value is -2.09. The van der Waals surface area contributed by atoms with Gasteiger partial charge in [-0.2, -0.15) is 0 Å². The van der Waals surface area contributed by atoms with Crippen LogP contribution in [0.5, 0.6) is 0 Å². The van der Waals surface area contributed by atoms with Crippen LogP contribution in [0.15, 0.2) is 48.5 Å². The van der Waals surface area contributed by atoms with Gasteiger partial charge >= 0.3 is 0 Å². The summed E-state index contributed by atoms with van der Waals surface area (Å²) in [5, 5.41) is 0. The van der Waals surface area contributed by atoms with Gasteiger partial charge in [-0.05, 0) is 49.8 Å². The Balaban J connectivity index is 1.59. The highest BCUT2D eigenvalue weighted by Gasteiger charge is 2.52. The van der Waals surface area contributed by atoms with Gasteiger partial charge in [0.05, 0.1) is 5.56 Å². The van der Waals surface area contributed by atoms with Gasteiger partial charge in [0.25, 0.3) is 5.84 Å².